The number of carbonyl (C=O) groups excluding carboxylic acids is 11. The van der Waals surface area contributed by atoms with E-state index in [4.69, 9.17) is 16.3 Å². The van der Waals surface area contributed by atoms with Crippen LogP contribution in [0, 0.1) is 41.4 Å². The minimum Gasteiger partial charge on any atom is -0.377 e. The van der Waals surface area contributed by atoms with Crippen LogP contribution in [0.3, 0.4) is 0 Å². The zero-order valence-electron chi connectivity index (χ0n) is 62.8. The summed E-state index contributed by atoms with van der Waals surface area (Å²) in [6.07, 6.45) is -5.07. The normalized spacial score (nSPS) is 32.7. The number of hydrogen-bond acceptors (Lipinski definition) is 12. The molecule has 584 valence electrons. The Balaban J connectivity index is 1.28. The minimum absolute atomic E-state index is 0.0476. The van der Waals surface area contributed by atoms with E-state index in [0.717, 1.165) is 29.1 Å². The third kappa shape index (κ3) is 20.4. The number of nitrogens with one attached hydrogen (secondary N) is 3. The van der Waals surface area contributed by atoms with Crippen molar-refractivity contribution >= 4 is 76.6 Å². The Kier molecular flexibility index (Phi) is 29.5. The van der Waals surface area contributed by atoms with Crippen molar-refractivity contribution in [1.82, 2.24) is 55.1 Å². The first kappa shape index (κ1) is 84.3. The molecular weight excluding hydrogens is 1370 g/mol. The largest absolute Gasteiger partial charge is 0.393 e. The Labute approximate surface area is 609 Å². The molecule has 0 aromatic carbocycles. The van der Waals surface area contributed by atoms with Crippen molar-refractivity contribution in [3.63, 3.8) is 0 Å². The Morgan fingerprint density at radius 1 is 0.602 bits per heavy atom. The van der Waals surface area contributed by atoms with Gasteiger partial charge in [0.25, 0.3) is 0 Å². The van der Waals surface area contributed by atoms with Gasteiger partial charge in [0.15, 0.2) is 0 Å². The number of rotatable bonds is 12. The van der Waals surface area contributed by atoms with Gasteiger partial charge in [-0.05, 0) is 153 Å². The lowest BCUT2D eigenvalue weighted by molar-refractivity contribution is -0.184. The maximum absolute atomic E-state index is 15.6. The molecule has 0 bridgehead atoms. The summed E-state index contributed by atoms with van der Waals surface area (Å²) in [6, 6.07) is -10.7. The Morgan fingerprint density at radius 2 is 1.23 bits per heavy atom. The maximum atomic E-state index is 15.6. The molecule has 11 amide bonds. The van der Waals surface area contributed by atoms with Gasteiger partial charge in [0.05, 0.1) is 24.5 Å². The lowest BCUT2D eigenvalue weighted by atomic mass is 9.78. The highest BCUT2D eigenvalue weighted by Gasteiger charge is 2.54. The molecule has 7 rings (SSSR count). The quantitative estimate of drug-likeness (QED) is 0.125. The highest BCUT2D eigenvalue weighted by molar-refractivity contribution is 6.20. The van der Waals surface area contributed by atoms with Gasteiger partial charge >= 0.3 is 12.4 Å². The number of amides is 11. The van der Waals surface area contributed by atoms with Gasteiger partial charge < -0.3 is 59.9 Å². The highest BCUT2D eigenvalue weighted by Crippen LogP contribution is 2.45. The van der Waals surface area contributed by atoms with E-state index in [0.29, 0.717) is 32.1 Å². The van der Waals surface area contributed by atoms with E-state index in [9.17, 15) is 55.1 Å². The van der Waals surface area contributed by atoms with Crippen LogP contribution in [0.1, 0.15) is 203 Å². The molecule has 1 spiro atoms. The van der Waals surface area contributed by atoms with Crippen LogP contribution in [-0.4, -0.2) is 256 Å². The summed E-state index contributed by atoms with van der Waals surface area (Å²) in [7, 11) is 8.61. The molecule has 23 nitrogen and oxygen atoms in total. The molecule has 4 saturated carbocycles. The number of likely N-dealkylation sites (N-methyl/N-ethyl adjacent to an activating group) is 6. The molecule has 7 fully saturated rings. The first-order valence-electron chi connectivity index (χ1n) is 37.8. The summed E-state index contributed by atoms with van der Waals surface area (Å²) in [5, 5.41) is 7.50. The molecular formula is C73H116ClF6N11O12. The summed E-state index contributed by atoms with van der Waals surface area (Å²) in [5.74, 6) is -12.5. The van der Waals surface area contributed by atoms with Crippen LogP contribution in [0.15, 0.2) is 0 Å². The second-order valence-corrected chi connectivity index (χ2v) is 32.1. The molecule has 7 aliphatic rings. The Morgan fingerprint density at radius 3 is 1.80 bits per heavy atom. The van der Waals surface area contributed by atoms with Crippen molar-refractivity contribution in [1.29, 1.82) is 0 Å². The van der Waals surface area contributed by atoms with Crippen molar-refractivity contribution < 1.29 is 83.8 Å². The summed E-state index contributed by atoms with van der Waals surface area (Å²) >= 11 is 6.42. The number of hydrogen-bond donors (Lipinski definition) is 3. The zero-order chi connectivity index (χ0) is 76.5. The smallest absolute Gasteiger partial charge is 0.377 e. The molecule has 3 saturated heterocycles. The van der Waals surface area contributed by atoms with E-state index in [-0.39, 0.29) is 134 Å². The number of carbonyl (C=O) groups is 11. The van der Waals surface area contributed by atoms with Crippen LogP contribution in [-0.2, 0) is 57.5 Å². The van der Waals surface area contributed by atoms with Gasteiger partial charge in [0.2, 0.25) is 65.0 Å². The van der Waals surface area contributed by atoms with Gasteiger partial charge in [-0.3, -0.25) is 52.7 Å². The van der Waals surface area contributed by atoms with Gasteiger partial charge in [0, 0.05) is 86.2 Å². The van der Waals surface area contributed by atoms with E-state index in [1.807, 2.05) is 20.8 Å². The van der Waals surface area contributed by atoms with E-state index >= 15 is 24.0 Å². The fourth-order valence-corrected chi connectivity index (χ4v) is 17.5. The second-order valence-electron chi connectivity index (χ2n) is 31.5. The SMILES string of the molecule is CCO[C@@H]1C[C@H]2C(=O)NC3(CCCC3)C(=O)N(C)[C@@H](C3CCCCC3)C(=O)N(C)[C@H](C)CC(=O)N(C)[C@@H](CC(C)C)C(=O)N[C@@H]([C@@H](C)CC)C(=O)N(C)[C@@H](C)C(=O)N3CC[C@H]3C(=O)N(C)[C@@H](CC3CCC(C(F)(F)F)CC3)C(=O)N(C)CC(=O)N[C@@H](CCC3CCC(C(F)(F)F)C(Cl)C3)C(=O)N2C1. The monoisotopic (exact) mass is 1490 g/mol. The van der Waals surface area contributed by atoms with E-state index in [2.05, 4.69) is 16.0 Å². The fraction of sp³-hybridized carbons (Fsp3) is 0.849. The lowest BCUT2D eigenvalue weighted by Gasteiger charge is -2.45. The average molecular weight is 1490 g/mol. The standard InChI is InChI=1S/C73H116ClF6N11O12/c1-14-43(5)60-68(100)86(10)45(7)64(96)90-34-31-54(90)67(99)88(12)57(38-47-23-27-49(28-24-47)72(75,76)77)66(98)84(8)41-58(92)81-53(30-26-46-25-29-51(52(74)37-46)73(78,79)80)65(97)91-40-50(103-15-2)39-56(91)63(95)83-71(32-19-20-33-71)70(102)89(13)61(48-21-17-16-18-22-48)69(101)85(9)44(6)36-59(93)87(11)55(35-42(3)4)62(94)82-60/h42-57,60-61H,14-41H2,1-13H3,(H,81,92)(H,82,94)(H,83,95)/t43-,44+,45-,46?,47?,49?,50+,51?,52?,53-,54-,55-,56-,57-,60-,61-/m0/s1. The summed E-state index contributed by atoms with van der Waals surface area (Å²) in [4.78, 5) is 176. The van der Waals surface area contributed by atoms with Crippen molar-refractivity contribution in [3.05, 3.63) is 0 Å². The van der Waals surface area contributed by atoms with Crippen molar-refractivity contribution in [2.24, 2.45) is 41.4 Å². The van der Waals surface area contributed by atoms with Gasteiger partial charge in [0.1, 0.15) is 53.9 Å². The number of fused-ring (bicyclic) bond motifs is 2. The number of alkyl halides is 7. The van der Waals surface area contributed by atoms with Crippen LogP contribution in [0.2, 0.25) is 0 Å². The van der Waals surface area contributed by atoms with Crippen LogP contribution in [0.4, 0.5) is 26.3 Å². The first-order chi connectivity index (χ1) is 48.3. The summed E-state index contributed by atoms with van der Waals surface area (Å²) < 4.78 is 90.4. The minimum atomic E-state index is -4.55. The molecule has 103 heavy (non-hydrogen) atoms. The van der Waals surface area contributed by atoms with Gasteiger partial charge in [-0.1, -0.05) is 66.2 Å². The highest BCUT2D eigenvalue weighted by atomic mass is 35.5. The van der Waals surface area contributed by atoms with Crippen LogP contribution < -0.4 is 16.0 Å². The van der Waals surface area contributed by atoms with Crippen molar-refractivity contribution in [3.8, 4) is 0 Å². The molecule has 0 radical (unpaired) electrons. The molecule has 3 unspecified atom stereocenters. The second kappa shape index (κ2) is 36.1. The third-order valence-electron chi connectivity index (χ3n) is 24.1. The van der Waals surface area contributed by atoms with Gasteiger partial charge in [-0.15, -0.1) is 11.6 Å². The van der Waals surface area contributed by atoms with E-state index < -0.39 is 185 Å². The average Bonchev–Trinajstić information content (AvgIpc) is 1.76. The summed E-state index contributed by atoms with van der Waals surface area (Å²) in [5.41, 5.74) is -1.57. The van der Waals surface area contributed by atoms with Crippen LogP contribution in [0.25, 0.3) is 0 Å². The third-order valence-corrected chi connectivity index (χ3v) is 24.6. The lowest BCUT2D eigenvalue weighted by Crippen LogP contribution is -2.65. The molecule has 4 aliphatic carbocycles. The number of ether oxygens (including phenoxy) is 1. The number of halogens is 7. The molecule has 14 atom stereocenters. The zero-order valence-corrected chi connectivity index (χ0v) is 63.6. The predicted octanol–water partition coefficient (Wildman–Crippen LogP) is 7.83. The van der Waals surface area contributed by atoms with Crippen LogP contribution >= 0.6 is 11.6 Å². The molecule has 30 heteroatoms. The maximum Gasteiger partial charge on any atom is 0.393 e. The topological polar surface area (TPSA) is 259 Å². The molecule has 3 heterocycles. The van der Waals surface area contributed by atoms with Crippen LogP contribution in [0.5, 0.6) is 0 Å². The first-order valence-corrected chi connectivity index (χ1v) is 38.2. The number of nitrogens with zero attached hydrogens (tertiary/aromatic N) is 8. The van der Waals surface area contributed by atoms with Gasteiger partial charge in [-0.2, -0.15) is 26.3 Å². The van der Waals surface area contributed by atoms with Gasteiger partial charge in [-0.25, -0.2) is 0 Å². The molecule has 3 N–H and O–H groups in total. The molecule has 3 aliphatic heterocycles. The Bertz CT molecular complexity index is 3000. The van der Waals surface area contributed by atoms with Crippen molar-refractivity contribution in [2.75, 3.05) is 68.5 Å². The van der Waals surface area contributed by atoms with E-state index in [1.54, 1.807) is 34.9 Å². The molecule has 0 aromatic rings. The molecule has 0 aromatic heterocycles. The van der Waals surface area contributed by atoms with E-state index in [1.165, 1.54) is 64.5 Å². The Hall–Kier alpha value is -6.00. The van der Waals surface area contributed by atoms with Crippen molar-refractivity contribution in [2.45, 2.75) is 286 Å². The predicted molar refractivity (Wildman–Crippen MR) is 373 cm³/mol. The summed E-state index contributed by atoms with van der Waals surface area (Å²) in [6.45, 7) is 11.6. The fourth-order valence-electron chi connectivity index (χ4n) is 16.9.